The van der Waals surface area contributed by atoms with Gasteiger partial charge >= 0.3 is 0 Å². The van der Waals surface area contributed by atoms with E-state index in [0.29, 0.717) is 18.7 Å². The zero-order chi connectivity index (χ0) is 17.6. The van der Waals surface area contributed by atoms with Gasteiger partial charge in [0.2, 0.25) is 0 Å². The summed E-state index contributed by atoms with van der Waals surface area (Å²) in [5.41, 5.74) is 0.835. The number of rotatable bonds is 7. The summed E-state index contributed by atoms with van der Waals surface area (Å²) in [5.74, 6) is 0.463. The van der Waals surface area contributed by atoms with Gasteiger partial charge in [-0.05, 0) is 41.5 Å². The summed E-state index contributed by atoms with van der Waals surface area (Å²) in [7, 11) is 1.88. The Morgan fingerprint density at radius 3 is 2.72 bits per heavy atom. The van der Waals surface area contributed by atoms with Gasteiger partial charge in [0.1, 0.15) is 5.75 Å². The molecule has 0 aliphatic rings. The molecule has 0 aliphatic heterocycles. The summed E-state index contributed by atoms with van der Waals surface area (Å²) in [6.45, 7) is 0.352. The van der Waals surface area contributed by atoms with E-state index >= 15 is 0 Å². The van der Waals surface area contributed by atoms with Gasteiger partial charge in [0, 0.05) is 25.5 Å². The van der Waals surface area contributed by atoms with Gasteiger partial charge in [-0.2, -0.15) is 0 Å². The van der Waals surface area contributed by atoms with Crippen molar-refractivity contribution in [1.29, 1.82) is 0 Å². The average molecular weight is 338 g/mol. The Balaban J connectivity index is 1.44. The van der Waals surface area contributed by atoms with Crippen molar-refractivity contribution in [1.82, 2.24) is 9.88 Å². The fraction of sp³-hybridized carbons (Fsp3) is 0.250. The number of nitrogens with one attached hydrogen (secondary N) is 1. The summed E-state index contributed by atoms with van der Waals surface area (Å²) in [5, 5.41) is 15.1. The molecule has 25 heavy (non-hydrogen) atoms. The van der Waals surface area contributed by atoms with Crippen molar-refractivity contribution >= 4 is 16.7 Å². The Morgan fingerprint density at radius 2 is 1.96 bits per heavy atom. The number of nitrogens with zero attached hydrogens (tertiary/aromatic N) is 1. The Labute approximate surface area is 146 Å². The number of aromatic nitrogens is 1. The molecule has 0 aliphatic carbocycles. The van der Waals surface area contributed by atoms with Crippen LogP contribution in [0, 0.1) is 0 Å². The first kappa shape index (κ1) is 17.0. The summed E-state index contributed by atoms with van der Waals surface area (Å²) in [4.78, 5) is 11.9. The molecular formula is C20H22N2O3. The van der Waals surface area contributed by atoms with E-state index in [0.717, 1.165) is 16.5 Å². The molecule has 0 radical (unpaired) electrons. The second kappa shape index (κ2) is 7.85. The van der Waals surface area contributed by atoms with E-state index in [4.69, 9.17) is 4.74 Å². The second-order valence-corrected chi connectivity index (χ2v) is 6.00. The lowest BCUT2D eigenvalue weighted by Crippen LogP contribution is -2.30. The predicted molar refractivity (Wildman–Crippen MR) is 97.4 cm³/mol. The van der Waals surface area contributed by atoms with Crippen molar-refractivity contribution in [3.8, 4) is 5.75 Å². The lowest BCUT2D eigenvalue weighted by molar-refractivity contribution is -0.123. The molecular weight excluding hydrogens is 316 g/mol. The standard InChI is InChI=1S/C20H22N2O3/c1-22-12-4-7-18(22)19(23)10-11-21-20(24)14-25-17-9-8-15-5-2-3-6-16(15)13-17/h2-9,12-13,19,23H,10-11,14H2,1H3,(H,21,24). The third kappa shape index (κ3) is 4.39. The van der Waals surface area contributed by atoms with E-state index in [9.17, 15) is 9.90 Å². The summed E-state index contributed by atoms with van der Waals surface area (Å²) in [6, 6.07) is 17.5. The van der Waals surface area contributed by atoms with E-state index in [2.05, 4.69) is 5.32 Å². The number of carbonyl (C=O) groups excluding carboxylic acids is 1. The number of hydrogen-bond acceptors (Lipinski definition) is 3. The molecule has 0 saturated heterocycles. The minimum atomic E-state index is -0.596. The molecule has 5 heteroatoms. The van der Waals surface area contributed by atoms with Crippen LogP contribution in [0.15, 0.2) is 60.8 Å². The van der Waals surface area contributed by atoms with Crippen molar-refractivity contribution in [2.24, 2.45) is 7.05 Å². The van der Waals surface area contributed by atoms with Gasteiger partial charge < -0.3 is 19.7 Å². The number of amides is 1. The van der Waals surface area contributed by atoms with Gasteiger partial charge in [-0.15, -0.1) is 0 Å². The van der Waals surface area contributed by atoms with Crippen molar-refractivity contribution in [3.05, 3.63) is 66.5 Å². The van der Waals surface area contributed by atoms with Crippen LogP contribution >= 0.6 is 0 Å². The normalized spacial score (nSPS) is 12.1. The summed E-state index contributed by atoms with van der Waals surface area (Å²) < 4.78 is 7.42. The van der Waals surface area contributed by atoms with Crippen molar-refractivity contribution in [3.63, 3.8) is 0 Å². The third-order valence-corrected chi connectivity index (χ3v) is 4.16. The number of aliphatic hydroxyl groups is 1. The van der Waals surface area contributed by atoms with Crippen LogP contribution in [-0.2, 0) is 11.8 Å². The van der Waals surface area contributed by atoms with Crippen LogP contribution in [0.1, 0.15) is 18.2 Å². The first-order valence-electron chi connectivity index (χ1n) is 8.31. The molecule has 5 nitrogen and oxygen atoms in total. The molecule has 2 aromatic carbocycles. The number of hydrogen-bond donors (Lipinski definition) is 2. The predicted octanol–water partition coefficient (Wildman–Crippen LogP) is 2.80. The van der Waals surface area contributed by atoms with Gasteiger partial charge in [-0.25, -0.2) is 0 Å². The van der Waals surface area contributed by atoms with Crippen LogP contribution in [0.5, 0.6) is 5.75 Å². The number of aliphatic hydroxyl groups excluding tert-OH is 1. The fourth-order valence-corrected chi connectivity index (χ4v) is 2.77. The van der Waals surface area contributed by atoms with E-state index in [-0.39, 0.29) is 12.5 Å². The number of ether oxygens (including phenoxy) is 1. The van der Waals surface area contributed by atoms with E-state index in [1.54, 1.807) is 0 Å². The van der Waals surface area contributed by atoms with Gasteiger partial charge in [-0.1, -0.05) is 30.3 Å². The quantitative estimate of drug-likeness (QED) is 0.696. The maximum absolute atomic E-state index is 11.9. The molecule has 2 N–H and O–H groups in total. The smallest absolute Gasteiger partial charge is 0.257 e. The molecule has 1 heterocycles. The van der Waals surface area contributed by atoms with Crippen LogP contribution in [-0.4, -0.2) is 28.7 Å². The van der Waals surface area contributed by atoms with Gasteiger partial charge in [0.25, 0.3) is 5.91 Å². The van der Waals surface area contributed by atoms with E-state index in [1.807, 2.05) is 72.4 Å². The van der Waals surface area contributed by atoms with Crippen molar-refractivity contribution in [2.75, 3.05) is 13.2 Å². The topological polar surface area (TPSA) is 63.5 Å². The highest BCUT2D eigenvalue weighted by molar-refractivity contribution is 5.84. The van der Waals surface area contributed by atoms with E-state index < -0.39 is 6.10 Å². The minimum Gasteiger partial charge on any atom is -0.484 e. The molecule has 3 rings (SSSR count). The molecule has 0 saturated carbocycles. The highest BCUT2D eigenvalue weighted by Gasteiger charge is 2.11. The number of carbonyl (C=O) groups is 1. The van der Waals surface area contributed by atoms with Crippen LogP contribution in [0.25, 0.3) is 10.8 Å². The van der Waals surface area contributed by atoms with Crippen molar-refractivity contribution < 1.29 is 14.6 Å². The Kier molecular flexibility index (Phi) is 5.36. The molecule has 0 bridgehead atoms. The SMILES string of the molecule is Cn1cccc1C(O)CCNC(=O)COc1ccc2ccccc2c1. The van der Waals surface area contributed by atoms with Crippen molar-refractivity contribution in [2.45, 2.75) is 12.5 Å². The van der Waals surface area contributed by atoms with Crippen LogP contribution < -0.4 is 10.1 Å². The van der Waals surface area contributed by atoms with Gasteiger partial charge in [0.15, 0.2) is 6.61 Å². The molecule has 0 fully saturated rings. The Bertz CT molecular complexity index is 857. The van der Waals surface area contributed by atoms with Crippen LogP contribution in [0.2, 0.25) is 0 Å². The minimum absolute atomic E-state index is 0.0431. The maximum Gasteiger partial charge on any atom is 0.257 e. The molecule has 1 amide bonds. The Hall–Kier alpha value is -2.79. The third-order valence-electron chi connectivity index (χ3n) is 4.16. The summed E-state index contributed by atoms with van der Waals surface area (Å²) >= 11 is 0. The first-order chi connectivity index (χ1) is 12.1. The average Bonchev–Trinajstić information content (AvgIpc) is 3.06. The number of aryl methyl sites for hydroxylation is 1. The van der Waals surface area contributed by atoms with Crippen LogP contribution in [0.3, 0.4) is 0 Å². The zero-order valence-corrected chi connectivity index (χ0v) is 14.2. The molecule has 1 atom stereocenters. The van der Waals surface area contributed by atoms with Gasteiger partial charge in [0.05, 0.1) is 6.10 Å². The fourth-order valence-electron chi connectivity index (χ4n) is 2.77. The molecule has 130 valence electrons. The Morgan fingerprint density at radius 1 is 1.16 bits per heavy atom. The molecule has 1 unspecified atom stereocenters. The maximum atomic E-state index is 11.9. The molecule has 1 aromatic heterocycles. The van der Waals surface area contributed by atoms with Gasteiger partial charge in [-0.3, -0.25) is 4.79 Å². The monoisotopic (exact) mass is 338 g/mol. The second-order valence-electron chi connectivity index (χ2n) is 6.00. The first-order valence-corrected chi connectivity index (χ1v) is 8.31. The highest BCUT2D eigenvalue weighted by Crippen LogP contribution is 2.20. The lowest BCUT2D eigenvalue weighted by atomic mass is 10.1. The van der Waals surface area contributed by atoms with E-state index in [1.165, 1.54) is 0 Å². The highest BCUT2D eigenvalue weighted by atomic mass is 16.5. The zero-order valence-electron chi connectivity index (χ0n) is 14.2. The molecule has 0 spiro atoms. The summed E-state index contributed by atoms with van der Waals surface area (Å²) in [6.07, 6.45) is 1.75. The number of benzene rings is 2. The van der Waals surface area contributed by atoms with Crippen LogP contribution in [0.4, 0.5) is 0 Å². The largest absolute Gasteiger partial charge is 0.484 e. The molecule has 3 aromatic rings. The lowest BCUT2D eigenvalue weighted by Gasteiger charge is -2.13. The number of fused-ring (bicyclic) bond motifs is 1.